The van der Waals surface area contributed by atoms with E-state index in [9.17, 15) is 4.79 Å². The molecule has 0 radical (unpaired) electrons. The number of aliphatic carboxylic acids is 1. The molecule has 1 aliphatic heterocycles. The Labute approximate surface area is 106 Å². The van der Waals surface area contributed by atoms with Crippen molar-refractivity contribution < 1.29 is 19.4 Å². The maximum atomic E-state index is 10.5. The van der Waals surface area contributed by atoms with Crippen molar-refractivity contribution >= 4 is 5.97 Å². The molecule has 1 heterocycles. The van der Waals surface area contributed by atoms with Gasteiger partial charge in [0.2, 0.25) is 0 Å². The lowest BCUT2D eigenvalue weighted by atomic mass is 9.96. The number of ether oxygens (including phenoxy) is 2. The molecule has 2 rings (SSSR count). The van der Waals surface area contributed by atoms with Crippen LogP contribution >= 0.6 is 0 Å². The number of hydrogen-bond donors (Lipinski definition) is 1. The molecule has 1 atom stereocenters. The molecule has 96 valence electrons. The van der Waals surface area contributed by atoms with E-state index in [-0.39, 0.29) is 5.92 Å². The SMILES string of the molecule is CCOc1cccc2c1OCC(C=CC(=O)O)C2. The zero-order valence-corrected chi connectivity index (χ0v) is 10.3. The van der Waals surface area contributed by atoms with Crippen molar-refractivity contribution in [2.45, 2.75) is 13.3 Å². The third-order valence-corrected chi connectivity index (χ3v) is 2.80. The van der Waals surface area contributed by atoms with Crippen LogP contribution in [0.2, 0.25) is 0 Å². The molecule has 1 unspecified atom stereocenters. The van der Waals surface area contributed by atoms with Crippen LogP contribution in [0.15, 0.2) is 30.4 Å². The molecule has 1 aromatic rings. The number of carbonyl (C=O) groups is 1. The van der Waals surface area contributed by atoms with Gasteiger partial charge < -0.3 is 14.6 Å². The van der Waals surface area contributed by atoms with E-state index in [0.717, 1.165) is 23.5 Å². The molecule has 0 fully saturated rings. The molecule has 0 spiro atoms. The Hall–Kier alpha value is -1.97. The molecule has 4 nitrogen and oxygen atoms in total. The average molecular weight is 248 g/mol. The first-order valence-corrected chi connectivity index (χ1v) is 5.99. The summed E-state index contributed by atoms with van der Waals surface area (Å²) in [5.74, 6) is 0.726. The van der Waals surface area contributed by atoms with Gasteiger partial charge in [-0.05, 0) is 25.0 Å². The van der Waals surface area contributed by atoms with E-state index in [1.165, 1.54) is 6.08 Å². The van der Waals surface area contributed by atoms with Crippen LogP contribution in [0.1, 0.15) is 12.5 Å². The summed E-state index contributed by atoms with van der Waals surface area (Å²) in [5, 5.41) is 8.61. The minimum absolute atomic E-state index is 0.102. The van der Waals surface area contributed by atoms with Gasteiger partial charge in [0.25, 0.3) is 0 Å². The van der Waals surface area contributed by atoms with Crippen molar-refractivity contribution in [2.24, 2.45) is 5.92 Å². The summed E-state index contributed by atoms with van der Waals surface area (Å²) in [4.78, 5) is 10.5. The molecule has 0 saturated carbocycles. The molecule has 0 saturated heterocycles. The maximum Gasteiger partial charge on any atom is 0.327 e. The van der Waals surface area contributed by atoms with E-state index in [2.05, 4.69) is 0 Å². The maximum absolute atomic E-state index is 10.5. The minimum Gasteiger partial charge on any atom is -0.490 e. The Bertz CT molecular complexity index is 465. The molecule has 0 aromatic heterocycles. The molecule has 18 heavy (non-hydrogen) atoms. The van der Waals surface area contributed by atoms with Crippen molar-refractivity contribution in [3.8, 4) is 11.5 Å². The van der Waals surface area contributed by atoms with Gasteiger partial charge in [0.15, 0.2) is 11.5 Å². The average Bonchev–Trinajstić information content (AvgIpc) is 2.37. The van der Waals surface area contributed by atoms with Crippen LogP contribution in [-0.4, -0.2) is 24.3 Å². The highest BCUT2D eigenvalue weighted by molar-refractivity contribution is 5.79. The van der Waals surface area contributed by atoms with Gasteiger partial charge in [-0.15, -0.1) is 0 Å². The summed E-state index contributed by atoms with van der Waals surface area (Å²) in [6.07, 6.45) is 3.63. The van der Waals surface area contributed by atoms with Crippen LogP contribution in [0.5, 0.6) is 11.5 Å². The second-order valence-corrected chi connectivity index (χ2v) is 4.15. The lowest BCUT2D eigenvalue weighted by Gasteiger charge is -2.24. The van der Waals surface area contributed by atoms with Crippen molar-refractivity contribution in [1.29, 1.82) is 0 Å². The zero-order chi connectivity index (χ0) is 13.0. The summed E-state index contributed by atoms with van der Waals surface area (Å²) in [6, 6.07) is 5.80. The number of carboxylic acid groups (broad SMARTS) is 1. The van der Waals surface area contributed by atoms with E-state index in [1.807, 2.05) is 25.1 Å². The van der Waals surface area contributed by atoms with Crippen LogP contribution in [0.3, 0.4) is 0 Å². The fourth-order valence-corrected chi connectivity index (χ4v) is 2.03. The van der Waals surface area contributed by atoms with Crippen LogP contribution in [0, 0.1) is 5.92 Å². The number of hydrogen-bond acceptors (Lipinski definition) is 3. The van der Waals surface area contributed by atoms with Crippen molar-refractivity contribution in [1.82, 2.24) is 0 Å². The Morgan fingerprint density at radius 2 is 2.44 bits per heavy atom. The summed E-state index contributed by atoms with van der Waals surface area (Å²) in [5.41, 5.74) is 1.06. The summed E-state index contributed by atoms with van der Waals surface area (Å²) < 4.78 is 11.2. The monoisotopic (exact) mass is 248 g/mol. The molecule has 0 aliphatic carbocycles. The third kappa shape index (κ3) is 2.83. The number of fused-ring (bicyclic) bond motifs is 1. The highest BCUT2D eigenvalue weighted by atomic mass is 16.5. The number of rotatable bonds is 4. The molecule has 0 bridgehead atoms. The number of benzene rings is 1. The van der Waals surface area contributed by atoms with Crippen molar-refractivity contribution in [3.63, 3.8) is 0 Å². The minimum atomic E-state index is -0.927. The van der Waals surface area contributed by atoms with Gasteiger partial charge in [-0.1, -0.05) is 18.2 Å². The van der Waals surface area contributed by atoms with E-state index in [1.54, 1.807) is 6.08 Å². The largest absolute Gasteiger partial charge is 0.490 e. The van der Waals surface area contributed by atoms with E-state index in [0.29, 0.717) is 13.2 Å². The number of para-hydroxylation sites is 1. The summed E-state index contributed by atoms with van der Waals surface area (Å²) in [7, 11) is 0. The molecule has 1 aliphatic rings. The van der Waals surface area contributed by atoms with Crippen LogP contribution in [0.25, 0.3) is 0 Å². The van der Waals surface area contributed by atoms with E-state index >= 15 is 0 Å². The predicted molar refractivity (Wildman–Crippen MR) is 67.1 cm³/mol. The highest BCUT2D eigenvalue weighted by Crippen LogP contribution is 2.36. The second-order valence-electron chi connectivity index (χ2n) is 4.15. The fraction of sp³-hybridized carbons (Fsp3) is 0.357. The molecule has 1 N–H and O–H groups in total. The molecule has 0 amide bonds. The molecular weight excluding hydrogens is 232 g/mol. The summed E-state index contributed by atoms with van der Waals surface area (Å²) in [6.45, 7) is 3.02. The van der Waals surface area contributed by atoms with Gasteiger partial charge in [0.1, 0.15) is 0 Å². The number of carboxylic acids is 1. The van der Waals surface area contributed by atoms with Gasteiger partial charge in [0.05, 0.1) is 13.2 Å². The first-order chi connectivity index (χ1) is 8.70. The smallest absolute Gasteiger partial charge is 0.327 e. The molecule has 1 aromatic carbocycles. The third-order valence-electron chi connectivity index (χ3n) is 2.80. The topological polar surface area (TPSA) is 55.8 Å². The van der Waals surface area contributed by atoms with Crippen molar-refractivity contribution in [3.05, 3.63) is 35.9 Å². The van der Waals surface area contributed by atoms with Crippen LogP contribution < -0.4 is 9.47 Å². The van der Waals surface area contributed by atoms with Crippen LogP contribution in [-0.2, 0) is 11.2 Å². The lowest BCUT2D eigenvalue weighted by Crippen LogP contribution is -2.20. The first kappa shape index (κ1) is 12.5. The van der Waals surface area contributed by atoms with Gasteiger partial charge in [0, 0.05) is 12.0 Å². The molecule has 4 heteroatoms. The Morgan fingerprint density at radius 3 is 3.17 bits per heavy atom. The lowest BCUT2D eigenvalue weighted by molar-refractivity contribution is -0.131. The second kappa shape index (κ2) is 5.58. The zero-order valence-electron chi connectivity index (χ0n) is 10.3. The Kier molecular flexibility index (Phi) is 3.87. The first-order valence-electron chi connectivity index (χ1n) is 5.99. The highest BCUT2D eigenvalue weighted by Gasteiger charge is 2.21. The standard InChI is InChI=1S/C14H16O4/c1-2-17-12-5-3-4-11-8-10(6-7-13(15)16)9-18-14(11)12/h3-7,10H,2,8-9H2,1H3,(H,15,16). The van der Waals surface area contributed by atoms with E-state index < -0.39 is 5.97 Å². The quantitative estimate of drug-likeness (QED) is 0.830. The van der Waals surface area contributed by atoms with E-state index in [4.69, 9.17) is 14.6 Å². The Balaban J connectivity index is 2.15. The normalized spacial score (nSPS) is 18.2. The summed E-state index contributed by atoms with van der Waals surface area (Å²) >= 11 is 0. The Morgan fingerprint density at radius 1 is 1.61 bits per heavy atom. The van der Waals surface area contributed by atoms with Crippen molar-refractivity contribution in [2.75, 3.05) is 13.2 Å². The predicted octanol–water partition coefficient (Wildman–Crippen LogP) is 2.28. The fourth-order valence-electron chi connectivity index (χ4n) is 2.03. The van der Waals surface area contributed by atoms with Gasteiger partial charge in [-0.2, -0.15) is 0 Å². The van der Waals surface area contributed by atoms with Gasteiger partial charge in [-0.3, -0.25) is 0 Å². The van der Waals surface area contributed by atoms with Gasteiger partial charge in [-0.25, -0.2) is 4.79 Å². The van der Waals surface area contributed by atoms with Gasteiger partial charge >= 0.3 is 5.97 Å². The molecular formula is C14H16O4. The van der Waals surface area contributed by atoms with Crippen LogP contribution in [0.4, 0.5) is 0 Å².